The molecule has 4 rings (SSSR count). The molecule has 3 aromatic heterocycles. The second-order valence-electron chi connectivity index (χ2n) is 6.27. The minimum atomic E-state index is -1.45. The van der Waals surface area contributed by atoms with Gasteiger partial charge in [-0.15, -0.1) is 0 Å². The Hall–Kier alpha value is -3.98. The Morgan fingerprint density at radius 3 is 2.55 bits per heavy atom. The molecule has 0 saturated heterocycles. The number of aromatic nitrogens is 4. The summed E-state index contributed by atoms with van der Waals surface area (Å²) < 4.78 is 5.95. The number of aliphatic hydroxyl groups is 1. The van der Waals surface area contributed by atoms with Crippen LogP contribution in [0, 0.1) is 0 Å². The molecule has 29 heavy (non-hydrogen) atoms. The lowest BCUT2D eigenvalue weighted by Crippen LogP contribution is -2.24. The molecule has 0 radical (unpaired) electrons. The molecular formula is C20H17N5O4. The van der Waals surface area contributed by atoms with Crippen molar-refractivity contribution in [3.8, 4) is 28.3 Å². The Labute approximate surface area is 164 Å². The van der Waals surface area contributed by atoms with Crippen molar-refractivity contribution in [2.45, 2.75) is 6.23 Å². The molecule has 9 heteroatoms. The zero-order chi connectivity index (χ0) is 20.4. The molecule has 3 N–H and O–H groups in total. The van der Waals surface area contributed by atoms with E-state index < -0.39 is 17.5 Å². The molecule has 0 aliphatic carbocycles. The SMILES string of the molecule is Cn1c(-c2ccccc2-c2ccncc2)nc(C(O)Nc2cnoc2)c(O)c1=O. The molecule has 0 aliphatic heterocycles. The molecule has 1 unspecified atom stereocenters. The van der Waals surface area contributed by atoms with Crippen LogP contribution in [0.1, 0.15) is 11.9 Å². The van der Waals surface area contributed by atoms with Crippen LogP contribution in [0.25, 0.3) is 22.5 Å². The zero-order valence-corrected chi connectivity index (χ0v) is 15.4. The van der Waals surface area contributed by atoms with E-state index in [0.717, 1.165) is 11.1 Å². The van der Waals surface area contributed by atoms with Crippen LogP contribution < -0.4 is 10.9 Å². The number of aliphatic hydroxyl groups excluding tert-OH is 1. The summed E-state index contributed by atoms with van der Waals surface area (Å²) in [5.41, 5.74) is 1.88. The van der Waals surface area contributed by atoms with Crippen molar-refractivity contribution in [3.63, 3.8) is 0 Å². The summed E-state index contributed by atoms with van der Waals surface area (Å²) in [5.74, 6) is -0.351. The smallest absolute Gasteiger partial charge is 0.296 e. The maximum absolute atomic E-state index is 12.6. The van der Waals surface area contributed by atoms with Gasteiger partial charge >= 0.3 is 0 Å². The molecule has 0 bridgehead atoms. The third-order valence-electron chi connectivity index (χ3n) is 4.45. The van der Waals surface area contributed by atoms with E-state index in [1.54, 1.807) is 12.4 Å². The summed E-state index contributed by atoms with van der Waals surface area (Å²) in [6, 6.07) is 11.1. The third-order valence-corrected chi connectivity index (χ3v) is 4.45. The minimum absolute atomic E-state index is 0.200. The van der Waals surface area contributed by atoms with E-state index in [-0.39, 0.29) is 5.69 Å². The highest BCUT2D eigenvalue weighted by Crippen LogP contribution is 2.32. The highest BCUT2D eigenvalue weighted by Gasteiger charge is 2.22. The van der Waals surface area contributed by atoms with Gasteiger partial charge in [0.15, 0.2) is 6.23 Å². The number of nitrogens with one attached hydrogen (secondary N) is 1. The molecule has 3 heterocycles. The molecule has 0 spiro atoms. The lowest BCUT2D eigenvalue weighted by molar-refractivity contribution is 0.197. The van der Waals surface area contributed by atoms with Gasteiger partial charge in [0.25, 0.3) is 5.56 Å². The number of hydrogen-bond donors (Lipinski definition) is 3. The molecule has 1 atom stereocenters. The summed E-state index contributed by atoms with van der Waals surface area (Å²) in [6.45, 7) is 0. The predicted octanol–water partition coefficient (Wildman–Crippen LogP) is 2.31. The van der Waals surface area contributed by atoms with Gasteiger partial charge in [-0.2, -0.15) is 0 Å². The lowest BCUT2D eigenvalue weighted by atomic mass is 10.00. The summed E-state index contributed by atoms with van der Waals surface area (Å²) in [7, 11) is 1.51. The van der Waals surface area contributed by atoms with Gasteiger partial charge in [-0.1, -0.05) is 29.4 Å². The van der Waals surface area contributed by atoms with Crippen molar-refractivity contribution in [2.24, 2.45) is 7.05 Å². The highest BCUT2D eigenvalue weighted by atomic mass is 16.5. The zero-order valence-electron chi connectivity index (χ0n) is 15.4. The maximum Gasteiger partial charge on any atom is 0.296 e. The van der Waals surface area contributed by atoms with E-state index >= 15 is 0 Å². The fourth-order valence-electron chi connectivity index (χ4n) is 3.00. The van der Waals surface area contributed by atoms with Crippen molar-refractivity contribution in [1.82, 2.24) is 19.7 Å². The topological polar surface area (TPSA) is 126 Å². The first-order valence-corrected chi connectivity index (χ1v) is 8.70. The number of aromatic hydroxyl groups is 1. The summed E-state index contributed by atoms with van der Waals surface area (Å²) in [4.78, 5) is 21.1. The summed E-state index contributed by atoms with van der Waals surface area (Å²) >= 11 is 0. The number of rotatable bonds is 5. The lowest BCUT2D eigenvalue weighted by Gasteiger charge is -2.17. The first kappa shape index (κ1) is 18.4. The van der Waals surface area contributed by atoms with E-state index in [9.17, 15) is 15.0 Å². The Bertz CT molecular complexity index is 1190. The van der Waals surface area contributed by atoms with E-state index in [4.69, 9.17) is 4.52 Å². The molecule has 0 saturated carbocycles. The molecule has 0 amide bonds. The average Bonchev–Trinajstić information content (AvgIpc) is 3.26. The van der Waals surface area contributed by atoms with E-state index in [0.29, 0.717) is 17.1 Å². The van der Waals surface area contributed by atoms with Gasteiger partial charge in [0, 0.05) is 25.0 Å². The Kier molecular flexibility index (Phi) is 4.80. The van der Waals surface area contributed by atoms with E-state index in [1.807, 2.05) is 36.4 Å². The van der Waals surface area contributed by atoms with Crippen LogP contribution in [0.15, 0.2) is 70.6 Å². The summed E-state index contributed by atoms with van der Waals surface area (Å²) in [6.07, 6.45) is 4.53. The van der Waals surface area contributed by atoms with Gasteiger partial charge in [0.05, 0.1) is 11.9 Å². The Morgan fingerprint density at radius 2 is 1.86 bits per heavy atom. The fraction of sp³-hybridized carbons (Fsp3) is 0.100. The molecule has 0 aliphatic rings. The number of benzene rings is 1. The monoisotopic (exact) mass is 391 g/mol. The van der Waals surface area contributed by atoms with Crippen molar-refractivity contribution >= 4 is 5.69 Å². The van der Waals surface area contributed by atoms with Crippen LogP contribution >= 0.6 is 0 Å². The molecule has 1 aromatic carbocycles. The second kappa shape index (κ2) is 7.56. The van der Waals surface area contributed by atoms with E-state index in [2.05, 4.69) is 20.4 Å². The molecular weight excluding hydrogens is 374 g/mol. The highest BCUT2D eigenvalue weighted by molar-refractivity contribution is 5.80. The fourth-order valence-corrected chi connectivity index (χ4v) is 3.00. The summed E-state index contributed by atoms with van der Waals surface area (Å²) in [5, 5.41) is 27.0. The van der Waals surface area contributed by atoms with E-state index in [1.165, 1.54) is 24.1 Å². The first-order chi connectivity index (χ1) is 14.1. The van der Waals surface area contributed by atoms with Crippen molar-refractivity contribution < 1.29 is 14.7 Å². The number of hydrogen-bond acceptors (Lipinski definition) is 8. The van der Waals surface area contributed by atoms with Crippen molar-refractivity contribution in [1.29, 1.82) is 0 Å². The number of pyridine rings is 1. The Balaban J connectivity index is 1.86. The largest absolute Gasteiger partial charge is 0.502 e. The van der Waals surface area contributed by atoms with Crippen LogP contribution in [0.4, 0.5) is 5.69 Å². The maximum atomic E-state index is 12.6. The Morgan fingerprint density at radius 1 is 1.14 bits per heavy atom. The van der Waals surface area contributed by atoms with Crippen LogP contribution in [-0.2, 0) is 7.05 Å². The number of anilines is 1. The van der Waals surface area contributed by atoms with Crippen LogP contribution in [0.2, 0.25) is 0 Å². The van der Waals surface area contributed by atoms with Gasteiger partial charge in [-0.25, -0.2) is 4.98 Å². The van der Waals surface area contributed by atoms with Gasteiger partial charge in [-0.3, -0.25) is 14.3 Å². The van der Waals surface area contributed by atoms with Gasteiger partial charge in [0.1, 0.15) is 17.8 Å². The average molecular weight is 391 g/mol. The van der Waals surface area contributed by atoms with Crippen LogP contribution in [0.5, 0.6) is 5.75 Å². The molecule has 0 fully saturated rings. The van der Waals surface area contributed by atoms with Gasteiger partial charge in [-0.05, 0) is 23.3 Å². The molecule has 146 valence electrons. The van der Waals surface area contributed by atoms with Crippen LogP contribution in [0.3, 0.4) is 0 Å². The predicted molar refractivity (Wildman–Crippen MR) is 105 cm³/mol. The van der Waals surface area contributed by atoms with Crippen molar-refractivity contribution in [3.05, 3.63) is 77.3 Å². The molecule has 4 aromatic rings. The second-order valence-corrected chi connectivity index (χ2v) is 6.27. The first-order valence-electron chi connectivity index (χ1n) is 8.70. The molecule has 9 nitrogen and oxygen atoms in total. The minimum Gasteiger partial charge on any atom is -0.502 e. The third kappa shape index (κ3) is 3.46. The quantitative estimate of drug-likeness (QED) is 0.443. The number of nitrogens with zero attached hydrogens (tertiary/aromatic N) is 4. The van der Waals surface area contributed by atoms with Gasteiger partial charge in [0.2, 0.25) is 5.75 Å². The standard InChI is InChI=1S/C20H17N5O4/c1-25-18(15-5-3-2-4-14(15)12-6-8-21-9-7-12)24-16(17(26)20(25)28)19(27)23-13-10-22-29-11-13/h2-11,19,23,26-27H,1H3. The van der Waals surface area contributed by atoms with Crippen molar-refractivity contribution in [2.75, 3.05) is 5.32 Å². The normalized spacial score (nSPS) is 11.9. The van der Waals surface area contributed by atoms with Gasteiger partial charge < -0.3 is 20.1 Å². The van der Waals surface area contributed by atoms with Crippen LogP contribution in [-0.4, -0.2) is 29.9 Å².